The molecule has 1 aliphatic rings. The van der Waals surface area contributed by atoms with E-state index in [0.717, 1.165) is 25.2 Å². The van der Waals surface area contributed by atoms with Gasteiger partial charge in [-0.15, -0.1) is 24.0 Å². The lowest BCUT2D eigenvalue weighted by Gasteiger charge is -2.41. The van der Waals surface area contributed by atoms with Gasteiger partial charge in [-0.1, -0.05) is 36.8 Å². The SMILES string of the molecule is CCN(Cc1ccccc1)C(=O)CNC(=NC)NCC(C)(C)N1CCCCC1.I. The van der Waals surface area contributed by atoms with Crippen molar-refractivity contribution < 1.29 is 4.79 Å². The highest BCUT2D eigenvalue weighted by Crippen LogP contribution is 2.19. The number of nitrogens with one attached hydrogen (secondary N) is 2. The van der Waals surface area contributed by atoms with E-state index in [2.05, 4.69) is 34.4 Å². The maximum absolute atomic E-state index is 12.6. The first kappa shape index (κ1) is 25.7. The van der Waals surface area contributed by atoms with E-state index in [9.17, 15) is 4.79 Å². The first-order valence-corrected chi connectivity index (χ1v) is 10.5. The standard InChI is InChI=1S/C22H37N5O.HI/c1-5-26(17-19-12-8-6-9-13-19)20(28)16-24-21(23-4)25-18-22(2,3)27-14-10-7-11-15-27;/h6,8-9,12-13H,5,7,10-11,14-18H2,1-4H3,(H2,23,24,25);1H. The third-order valence-electron chi connectivity index (χ3n) is 5.48. The van der Waals surface area contributed by atoms with Crippen molar-refractivity contribution >= 4 is 35.8 Å². The Labute approximate surface area is 193 Å². The molecule has 0 saturated carbocycles. The molecule has 1 aliphatic heterocycles. The number of amides is 1. The summed E-state index contributed by atoms with van der Waals surface area (Å²) in [5.41, 5.74) is 1.20. The lowest BCUT2D eigenvalue weighted by atomic mass is 9.98. The fourth-order valence-corrected chi connectivity index (χ4v) is 3.58. The molecule has 0 unspecified atom stereocenters. The van der Waals surface area contributed by atoms with Crippen LogP contribution in [0.1, 0.15) is 45.6 Å². The zero-order chi connectivity index (χ0) is 20.4. The maximum atomic E-state index is 12.6. The van der Waals surface area contributed by atoms with Gasteiger partial charge in [0.25, 0.3) is 0 Å². The number of halogens is 1. The van der Waals surface area contributed by atoms with Crippen molar-refractivity contribution in [2.45, 2.75) is 52.1 Å². The summed E-state index contributed by atoms with van der Waals surface area (Å²) < 4.78 is 0. The summed E-state index contributed by atoms with van der Waals surface area (Å²) in [5.74, 6) is 0.749. The van der Waals surface area contributed by atoms with Crippen molar-refractivity contribution in [3.05, 3.63) is 35.9 Å². The molecule has 0 radical (unpaired) electrons. The Morgan fingerprint density at radius 3 is 2.38 bits per heavy atom. The Kier molecular flexibility index (Phi) is 11.6. The average molecular weight is 515 g/mol. The van der Waals surface area contributed by atoms with E-state index in [1.54, 1.807) is 7.05 Å². The number of aliphatic imine (C=N–C) groups is 1. The van der Waals surface area contributed by atoms with Crippen molar-refractivity contribution in [1.29, 1.82) is 0 Å². The first-order valence-electron chi connectivity index (χ1n) is 10.5. The van der Waals surface area contributed by atoms with Crippen LogP contribution in [0.5, 0.6) is 0 Å². The molecule has 2 N–H and O–H groups in total. The summed E-state index contributed by atoms with van der Waals surface area (Å²) in [6.07, 6.45) is 3.89. The molecule has 0 aromatic heterocycles. The van der Waals surface area contributed by atoms with Crippen LogP contribution in [0.25, 0.3) is 0 Å². The molecular formula is C22H38IN5O. The van der Waals surface area contributed by atoms with Gasteiger partial charge < -0.3 is 15.5 Å². The van der Waals surface area contributed by atoms with E-state index in [-0.39, 0.29) is 42.0 Å². The second kappa shape index (κ2) is 13.1. The number of carbonyl (C=O) groups is 1. The van der Waals surface area contributed by atoms with Gasteiger partial charge in [-0.05, 0) is 52.3 Å². The van der Waals surface area contributed by atoms with Crippen molar-refractivity contribution in [3.63, 3.8) is 0 Å². The van der Waals surface area contributed by atoms with Gasteiger partial charge in [-0.2, -0.15) is 0 Å². The van der Waals surface area contributed by atoms with E-state index in [1.165, 1.54) is 19.3 Å². The number of rotatable bonds is 8. The van der Waals surface area contributed by atoms with Crippen LogP contribution < -0.4 is 10.6 Å². The number of piperidine rings is 1. The molecule has 1 saturated heterocycles. The normalized spacial score (nSPS) is 15.4. The summed E-state index contributed by atoms with van der Waals surface area (Å²) in [6.45, 7) is 11.2. The molecule has 7 heteroatoms. The zero-order valence-electron chi connectivity index (χ0n) is 18.4. The Morgan fingerprint density at radius 1 is 1.14 bits per heavy atom. The minimum Gasteiger partial charge on any atom is -0.355 e. The number of nitrogens with zero attached hydrogens (tertiary/aromatic N) is 3. The molecule has 164 valence electrons. The third kappa shape index (κ3) is 8.50. The van der Waals surface area contributed by atoms with Gasteiger partial charge in [0.2, 0.25) is 5.91 Å². The van der Waals surface area contributed by atoms with Crippen LogP contribution in [-0.4, -0.2) is 67.0 Å². The van der Waals surface area contributed by atoms with Crippen molar-refractivity contribution in [2.24, 2.45) is 4.99 Å². The number of guanidine groups is 1. The topological polar surface area (TPSA) is 60.0 Å². The van der Waals surface area contributed by atoms with Crippen LogP contribution in [0.4, 0.5) is 0 Å². The molecule has 6 nitrogen and oxygen atoms in total. The summed E-state index contributed by atoms with van der Waals surface area (Å²) in [6, 6.07) is 10.1. The molecular weight excluding hydrogens is 477 g/mol. The largest absolute Gasteiger partial charge is 0.355 e. The Balaban J connectivity index is 0.00000420. The molecule has 1 heterocycles. The molecule has 1 fully saturated rings. The molecule has 2 rings (SSSR count). The Morgan fingerprint density at radius 2 is 1.79 bits per heavy atom. The number of benzene rings is 1. The summed E-state index contributed by atoms with van der Waals surface area (Å²) in [4.78, 5) is 21.3. The Hall–Kier alpha value is -1.35. The second-order valence-corrected chi connectivity index (χ2v) is 8.03. The van der Waals surface area contributed by atoms with Gasteiger partial charge >= 0.3 is 0 Å². The molecule has 1 amide bonds. The van der Waals surface area contributed by atoms with E-state index >= 15 is 0 Å². The molecule has 0 atom stereocenters. The molecule has 1 aromatic rings. The highest BCUT2D eigenvalue weighted by atomic mass is 127. The van der Waals surface area contributed by atoms with Crippen LogP contribution in [-0.2, 0) is 11.3 Å². The van der Waals surface area contributed by atoms with Crippen molar-refractivity contribution in [3.8, 4) is 0 Å². The monoisotopic (exact) mass is 515 g/mol. The lowest BCUT2D eigenvalue weighted by Crippen LogP contribution is -2.55. The van der Waals surface area contributed by atoms with Crippen LogP contribution >= 0.6 is 24.0 Å². The van der Waals surface area contributed by atoms with Gasteiger partial charge in [0, 0.05) is 32.2 Å². The number of likely N-dealkylation sites (tertiary alicyclic amines) is 1. The second-order valence-electron chi connectivity index (χ2n) is 8.03. The molecule has 0 spiro atoms. The van der Waals surface area contributed by atoms with Crippen LogP contribution in [0.3, 0.4) is 0 Å². The minimum atomic E-state index is 0. The highest BCUT2D eigenvalue weighted by molar-refractivity contribution is 14.0. The zero-order valence-corrected chi connectivity index (χ0v) is 20.7. The van der Waals surface area contributed by atoms with Gasteiger partial charge in [-0.3, -0.25) is 14.7 Å². The van der Waals surface area contributed by atoms with Crippen LogP contribution in [0.2, 0.25) is 0 Å². The third-order valence-corrected chi connectivity index (χ3v) is 5.48. The molecule has 1 aromatic carbocycles. The molecule has 0 bridgehead atoms. The number of likely N-dealkylation sites (N-methyl/N-ethyl adjacent to an activating group) is 1. The smallest absolute Gasteiger partial charge is 0.242 e. The predicted molar refractivity (Wildman–Crippen MR) is 132 cm³/mol. The number of hydrogen-bond donors (Lipinski definition) is 2. The van der Waals surface area contributed by atoms with Crippen LogP contribution in [0, 0.1) is 0 Å². The highest BCUT2D eigenvalue weighted by Gasteiger charge is 2.28. The summed E-state index contributed by atoms with van der Waals surface area (Å²) >= 11 is 0. The average Bonchev–Trinajstić information content (AvgIpc) is 2.73. The van der Waals surface area contributed by atoms with Crippen molar-refractivity contribution in [1.82, 2.24) is 20.4 Å². The molecule has 0 aliphatic carbocycles. The van der Waals surface area contributed by atoms with Gasteiger partial charge in [-0.25, -0.2) is 0 Å². The lowest BCUT2D eigenvalue weighted by molar-refractivity contribution is -0.130. The summed E-state index contributed by atoms with van der Waals surface area (Å²) in [7, 11) is 1.75. The van der Waals surface area contributed by atoms with E-state index < -0.39 is 0 Å². The van der Waals surface area contributed by atoms with Crippen molar-refractivity contribution in [2.75, 3.05) is 39.8 Å². The molecule has 29 heavy (non-hydrogen) atoms. The van der Waals surface area contributed by atoms with Gasteiger partial charge in [0.05, 0.1) is 6.54 Å². The van der Waals surface area contributed by atoms with E-state index in [0.29, 0.717) is 19.0 Å². The van der Waals surface area contributed by atoms with E-state index in [4.69, 9.17) is 0 Å². The Bertz CT molecular complexity index is 629. The maximum Gasteiger partial charge on any atom is 0.242 e. The van der Waals surface area contributed by atoms with Gasteiger partial charge in [0.1, 0.15) is 0 Å². The van der Waals surface area contributed by atoms with E-state index in [1.807, 2.05) is 42.2 Å². The van der Waals surface area contributed by atoms with Gasteiger partial charge in [0.15, 0.2) is 5.96 Å². The predicted octanol–water partition coefficient (Wildman–Crippen LogP) is 3.08. The first-order chi connectivity index (χ1) is 13.5. The number of hydrogen-bond acceptors (Lipinski definition) is 3. The quantitative estimate of drug-likeness (QED) is 0.318. The van der Waals surface area contributed by atoms with Crippen LogP contribution in [0.15, 0.2) is 35.3 Å². The summed E-state index contributed by atoms with van der Waals surface area (Å²) in [5, 5.41) is 6.57. The fraction of sp³-hybridized carbons (Fsp3) is 0.636. The number of carbonyl (C=O) groups excluding carboxylic acids is 1. The fourth-order valence-electron chi connectivity index (χ4n) is 3.58. The minimum absolute atomic E-state index is 0.